The Hall–Kier alpha value is -3.76. The SMILES string of the molecule is COc1ccc(C2Cc3cc(OC)cc(C(N)Cc4ccc(OCc5ccccc5)cc4)c3C2)cc1. The Bertz CT molecular complexity index is 1280. The first kappa shape index (κ1) is 24.0. The summed E-state index contributed by atoms with van der Waals surface area (Å²) < 4.78 is 16.9. The summed E-state index contributed by atoms with van der Waals surface area (Å²) in [6.07, 6.45) is 2.73. The molecule has 0 saturated heterocycles. The molecule has 0 saturated carbocycles. The van der Waals surface area contributed by atoms with Gasteiger partial charge in [0.15, 0.2) is 0 Å². The fourth-order valence-corrected chi connectivity index (χ4v) is 5.13. The van der Waals surface area contributed by atoms with Crippen LogP contribution in [0.4, 0.5) is 0 Å². The summed E-state index contributed by atoms with van der Waals surface area (Å²) in [7, 11) is 3.42. The highest BCUT2D eigenvalue weighted by atomic mass is 16.5. The second kappa shape index (κ2) is 10.9. The van der Waals surface area contributed by atoms with Gasteiger partial charge in [-0.2, -0.15) is 0 Å². The van der Waals surface area contributed by atoms with Crippen LogP contribution >= 0.6 is 0 Å². The maximum atomic E-state index is 6.82. The van der Waals surface area contributed by atoms with Gasteiger partial charge in [0.1, 0.15) is 23.9 Å². The van der Waals surface area contributed by atoms with Gasteiger partial charge in [0.2, 0.25) is 0 Å². The topological polar surface area (TPSA) is 53.7 Å². The normalized spacial score (nSPS) is 15.2. The lowest BCUT2D eigenvalue weighted by molar-refractivity contribution is 0.306. The van der Waals surface area contributed by atoms with Crippen molar-refractivity contribution in [2.24, 2.45) is 5.73 Å². The first-order valence-corrected chi connectivity index (χ1v) is 12.5. The van der Waals surface area contributed by atoms with Crippen molar-refractivity contribution < 1.29 is 14.2 Å². The molecule has 0 heterocycles. The average molecular weight is 480 g/mol. The van der Waals surface area contributed by atoms with E-state index in [9.17, 15) is 0 Å². The van der Waals surface area contributed by atoms with E-state index in [0.717, 1.165) is 42.1 Å². The summed E-state index contributed by atoms with van der Waals surface area (Å²) in [4.78, 5) is 0. The zero-order valence-electron chi connectivity index (χ0n) is 20.9. The van der Waals surface area contributed by atoms with Crippen molar-refractivity contribution in [1.29, 1.82) is 0 Å². The van der Waals surface area contributed by atoms with Crippen LogP contribution in [0.3, 0.4) is 0 Å². The molecule has 0 bridgehead atoms. The molecule has 2 atom stereocenters. The zero-order valence-corrected chi connectivity index (χ0v) is 20.9. The molecule has 4 aromatic carbocycles. The third-order valence-electron chi connectivity index (χ3n) is 7.12. The number of ether oxygens (including phenoxy) is 3. The predicted octanol–water partition coefficient (Wildman–Crippen LogP) is 6.41. The lowest BCUT2D eigenvalue weighted by Gasteiger charge is -2.18. The van der Waals surface area contributed by atoms with E-state index >= 15 is 0 Å². The highest BCUT2D eigenvalue weighted by Crippen LogP contribution is 2.40. The second-order valence-corrected chi connectivity index (χ2v) is 9.46. The first-order chi connectivity index (χ1) is 17.6. The van der Waals surface area contributed by atoms with Gasteiger partial charge in [0.05, 0.1) is 14.2 Å². The Morgan fingerprint density at radius 2 is 1.44 bits per heavy atom. The van der Waals surface area contributed by atoms with Crippen LogP contribution in [-0.4, -0.2) is 14.2 Å². The Balaban J connectivity index is 1.29. The van der Waals surface area contributed by atoms with E-state index in [1.807, 2.05) is 42.5 Å². The summed E-state index contributed by atoms with van der Waals surface area (Å²) >= 11 is 0. The average Bonchev–Trinajstić information content (AvgIpc) is 3.37. The number of hydrogen-bond acceptors (Lipinski definition) is 4. The van der Waals surface area contributed by atoms with Gasteiger partial charge in [-0.25, -0.2) is 0 Å². The van der Waals surface area contributed by atoms with E-state index in [-0.39, 0.29) is 6.04 Å². The largest absolute Gasteiger partial charge is 0.497 e. The second-order valence-electron chi connectivity index (χ2n) is 9.46. The van der Waals surface area contributed by atoms with Gasteiger partial charge in [-0.3, -0.25) is 0 Å². The van der Waals surface area contributed by atoms with Crippen molar-refractivity contribution in [2.75, 3.05) is 14.2 Å². The van der Waals surface area contributed by atoms with Crippen molar-refractivity contribution in [1.82, 2.24) is 0 Å². The lowest BCUT2D eigenvalue weighted by Crippen LogP contribution is -2.16. The molecule has 0 radical (unpaired) electrons. The zero-order chi connectivity index (χ0) is 24.9. The minimum Gasteiger partial charge on any atom is -0.497 e. The Morgan fingerprint density at radius 3 is 2.14 bits per heavy atom. The molecule has 4 nitrogen and oxygen atoms in total. The summed E-state index contributed by atoms with van der Waals surface area (Å²) in [6, 6.07) is 31.1. The third-order valence-corrected chi connectivity index (χ3v) is 7.12. The van der Waals surface area contributed by atoms with Crippen molar-refractivity contribution in [3.05, 3.63) is 124 Å². The van der Waals surface area contributed by atoms with Crippen molar-refractivity contribution >= 4 is 0 Å². The van der Waals surface area contributed by atoms with Crippen molar-refractivity contribution in [3.63, 3.8) is 0 Å². The summed E-state index contributed by atoms with van der Waals surface area (Å²) in [5, 5.41) is 0. The van der Waals surface area contributed by atoms with E-state index in [1.54, 1.807) is 14.2 Å². The van der Waals surface area contributed by atoms with Gasteiger partial charge in [-0.15, -0.1) is 0 Å². The minimum atomic E-state index is -0.112. The highest BCUT2D eigenvalue weighted by molar-refractivity contribution is 5.49. The van der Waals surface area contributed by atoms with Crippen LogP contribution in [0.2, 0.25) is 0 Å². The molecule has 4 heteroatoms. The molecular formula is C32H33NO3. The van der Waals surface area contributed by atoms with Crippen LogP contribution in [0.15, 0.2) is 91.0 Å². The van der Waals surface area contributed by atoms with Crippen LogP contribution < -0.4 is 19.9 Å². The van der Waals surface area contributed by atoms with Gasteiger partial charge >= 0.3 is 0 Å². The van der Waals surface area contributed by atoms with Crippen LogP contribution in [0.1, 0.15) is 45.3 Å². The molecule has 2 N–H and O–H groups in total. The number of fused-ring (bicyclic) bond motifs is 1. The number of rotatable bonds is 9. The van der Waals surface area contributed by atoms with Crippen molar-refractivity contribution in [2.45, 2.75) is 37.8 Å². The van der Waals surface area contributed by atoms with E-state index < -0.39 is 0 Å². The van der Waals surface area contributed by atoms with Crippen LogP contribution in [0, 0.1) is 0 Å². The van der Waals surface area contributed by atoms with Crippen LogP contribution in [0.25, 0.3) is 0 Å². The molecule has 2 unspecified atom stereocenters. The molecule has 0 fully saturated rings. The Morgan fingerprint density at radius 1 is 0.750 bits per heavy atom. The summed E-state index contributed by atoms with van der Waals surface area (Å²) in [6.45, 7) is 0.561. The van der Waals surface area contributed by atoms with Crippen LogP contribution in [0.5, 0.6) is 17.2 Å². The summed E-state index contributed by atoms with van der Waals surface area (Å²) in [5.41, 5.74) is 14.4. The monoisotopic (exact) mass is 479 g/mol. The van der Waals surface area contributed by atoms with E-state index in [1.165, 1.54) is 27.8 Å². The highest BCUT2D eigenvalue weighted by Gasteiger charge is 2.28. The Labute approximate surface area is 213 Å². The van der Waals surface area contributed by atoms with Gasteiger partial charge < -0.3 is 19.9 Å². The number of benzene rings is 4. The maximum Gasteiger partial charge on any atom is 0.119 e. The molecule has 0 spiro atoms. The quantitative estimate of drug-likeness (QED) is 0.301. The van der Waals surface area contributed by atoms with E-state index in [2.05, 4.69) is 48.5 Å². The Kier molecular flexibility index (Phi) is 7.24. The fraction of sp³-hybridized carbons (Fsp3) is 0.250. The maximum absolute atomic E-state index is 6.82. The number of hydrogen-bond donors (Lipinski definition) is 1. The molecule has 0 aliphatic heterocycles. The third kappa shape index (κ3) is 5.39. The predicted molar refractivity (Wildman–Crippen MR) is 144 cm³/mol. The standard InChI is InChI=1S/C32H33NO3/c1-34-27-14-10-24(11-15-27)25-17-26-18-29(35-2)20-31(30(26)19-25)32(33)16-22-8-12-28(13-9-22)36-21-23-6-4-3-5-7-23/h3-15,18,20,25,32H,16-17,19,21,33H2,1-2H3. The van der Waals surface area contributed by atoms with E-state index in [0.29, 0.717) is 12.5 Å². The van der Waals surface area contributed by atoms with Crippen molar-refractivity contribution in [3.8, 4) is 17.2 Å². The molecule has 36 heavy (non-hydrogen) atoms. The lowest BCUT2D eigenvalue weighted by atomic mass is 9.92. The molecule has 1 aliphatic carbocycles. The van der Waals surface area contributed by atoms with Gasteiger partial charge in [-0.05, 0) is 95.0 Å². The van der Waals surface area contributed by atoms with Gasteiger partial charge in [0.25, 0.3) is 0 Å². The molecule has 0 aromatic heterocycles. The molecule has 5 rings (SSSR count). The molecular weight excluding hydrogens is 446 g/mol. The molecule has 4 aromatic rings. The smallest absolute Gasteiger partial charge is 0.119 e. The van der Waals surface area contributed by atoms with Gasteiger partial charge in [0, 0.05) is 6.04 Å². The van der Waals surface area contributed by atoms with E-state index in [4.69, 9.17) is 19.9 Å². The summed E-state index contributed by atoms with van der Waals surface area (Å²) in [5.74, 6) is 3.06. The minimum absolute atomic E-state index is 0.112. The molecule has 184 valence electrons. The van der Waals surface area contributed by atoms with Crippen LogP contribution in [-0.2, 0) is 25.9 Å². The first-order valence-electron chi connectivity index (χ1n) is 12.5. The number of methoxy groups -OCH3 is 2. The number of nitrogens with two attached hydrogens (primary N) is 1. The molecule has 1 aliphatic rings. The fourth-order valence-electron chi connectivity index (χ4n) is 5.13. The molecule has 0 amide bonds. The van der Waals surface area contributed by atoms with Gasteiger partial charge in [-0.1, -0.05) is 54.6 Å².